The Balaban J connectivity index is 1.30. The minimum absolute atomic E-state index is 0.0903. The zero-order chi connectivity index (χ0) is 16.5. The molecule has 24 heavy (non-hydrogen) atoms. The minimum Gasteiger partial charge on any atom is -0.352 e. The van der Waals surface area contributed by atoms with Gasteiger partial charge in [-0.15, -0.1) is 5.10 Å². The Hall–Kier alpha value is -1.34. The van der Waals surface area contributed by atoms with Gasteiger partial charge in [0.2, 0.25) is 11.1 Å². The lowest BCUT2D eigenvalue weighted by molar-refractivity contribution is -0.119. The van der Waals surface area contributed by atoms with Crippen LogP contribution >= 0.6 is 27.7 Å². The van der Waals surface area contributed by atoms with Crippen LogP contribution in [-0.4, -0.2) is 32.9 Å². The predicted octanol–water partition coefficient (Wildman–Crippen LogP) is 3.63. The summed E-state index contributed by atoms with van der Waals surface area (Å²) in [6.07, 6.45) is 5.09. The van der Waals surface area contributed by atoms with Crippen LogP contribution in [0, 0.1) is 11.8 Å². The molecule has 1 aromatic heterocycles. The fourth-order valence-electron chi connectivity index (χ4n) is 3.85. The van der Waals surface area contributed by atoms with Crippen molar-refractivity contribution in [1.82, 2.24) is 20.5 Å². The summed E-state index contributed by atoms with van der Waals surface area (Å²) in [5.41, 5.74) is 0.976. The monoisotopic (exact) mass is 406 g/mol. The van der Waals surface area contributed by atoms with Crippen molar-refractivity contribution in [3.63, 3.8) is 0 Å². The summed E-state index contributed by atoms with van der Waals surface area (Å²) < 4.78 is 1.03. The number of rotatable bonds is 5. The lowest BCUT2D eigenvalue weighted by Crippen LogP contribution is -2.39. The molecule has 2 aromatic rings. The second-order valence-corrected chi connectivity index (χ2v) is 8.47. The average Bonchev–Trinajstić information content (AvgIpc) is 3.30. The van der Waals surface area contributed by atoms with Crippen molar-refractivity contribution in [2.75, 3.05) is 5.75 Å². The third-order valence-corrected chi connectivity index (χ3v) is 6.38. The SMILES string of the molecule is O=C(CSc1n[nH]c(-c2ccc(Br)cc2)n1)N[C@H]1C[C@H]2CC[C@@H]1C2. The number of nitrogens with one attached hydrogen (secondary N) is 2. The molecule has 7 heteroatoms. The maximum Gasteiger partial charge on any atom is 0.230 e. The number of thioether (sulfide) groups is 1. The molecule has 2 N–H and O–H groups in total. The molecule has 1 amide bonds. The summed E-state index contributed by atoms with van der Waals surface area (Å²) >= 11 is 4.79. The molecule has 5 nitrogen and oxygen atoms in total. The molecule has 3 atom stereocenters. The highest BCUT2D eigenvalue weighted by atomic mass is 79.9. The fraction of sp³-hybridized carbons (Fsp3) is 0.471. The van der Waals surface area contributed by atoms with E-state index in [0.29, 0.717) is 22.9 Å². The average molecular weight is 407 g/mol. The number of carbonyl (C=O) groups is 1. The first-order chi connectivity index (χ1) is 11.7. The van der Waals surface area contributed by atoms with Gasteiger partial charge in [0, 0.05) is 16.1 Å². The van der Waals surface area contributed by atoms with E-state index in [1.165, 1.54) is 31.0 Å². The molecule has 0 saturated heterocycles. The van der Waals surface area contributed by atoms with E-state index in [1.807, 2.05) is 24.3 Å². The summed E-state index contributed by atoms with van der Waals surface area (Å²) in [6.45, 7) is 0. The van der Waals surface area contributed by atoms with Gasteiger partial charge >= 0.3 is 0 Å². The van der Waals surface area contributed by atoms with Crippen molar-refractivity contribution in [3.05, 3.63) is 28.7 Å². The molecule has 4 rings (SSSR count). The minimum atomic E-state index is 0.0903. The van der Waals surface area contributed by atoms with Crippen LogP contribution in [-0.2, 0) is 4.79 Å². The normalized spacial score (nSPS) is 25.1. The number of aromatic amines is 1. The first-order valence-corrected chi connectivity index (χ1v) is 10.1. The van der Waals surface area contributed by atoms with Crippen LogP contribution < -0.4 is 5.32 Å². The molecule has 1 aromatic carbocycles. The topological polar surface area (TPSA) is 70.7 Å². The van der Waals surface area contributed by atoms with E-state index in [-0.39, 0.29) is 5.91 Å². The van der Waals surface area contributed by atoms with Crippen LogP contribution in [0.2, 0.25) is 0 Å². The molecule has 0 radical (unpaired) electrons. The number of nitrogens with zero attached hydrogens (tertiary/aromatic N) is 2. The highest BCUT2D eigenvalue weighted by Crippen LogP contribution is 2.44. The van der Waals surface area contributed by atoms with Crippen LogP contribution in [0.4, 0.5) is 0 Å². The summed E-state index contributed by atoms with van der Waals surface area (Å²) in [5, 5.41) is 10.9. The van der Waals surface area contributed by atoms with Gasteiger partial charge in [-0.3, -0.25) is 9.89 Å². The van der Waals surface area contributed by atoms with Crippen molar-refractivity contribution < 1.29 is 4.79 Å². The molecule has 1 heterocycles. The maximum atomic E-state index is 12.2. The molecular weight excluding hydrogens is 388 g/mol. The second kappa shape index (κ2) is 6.88. The van der Waals surface area contributed by atoms with Crippen LogP contribution in [0.5, 0.6) is 0 Å². The Morgan fingerprint density at radius 2 is 2.12 bits per heavy atom. The van der Waals surface area contributed by atoms with Gasteiger partial charge < -0.3 is 5.32 Å². The van der Waals surface area contributed by atoms with Crippen molar-refractivity contribution in [1.29, 1.82) is 0 Å². The number of carbonyl (C=O) groups excluding carboxylic acids is 1. The Labute approximate surface area is 153 Å². The van der Waals surface area contributed by atoms with Crippen molar-refractivity contribution in [2.45, 2.75) is 36.9 Å². The molecule has 2 aliphatic rings. The maximum absolute atomic E-state index is 12.2. The predicted molar refractivity (Wildman–Crippen MR) is 97.6 cm³/mol. The first kappa shape index (κ1) is 16.1. The molecule has 0 spiro atoms. The standard InChI is InChI=1S/C17H19BrN4OS/c18-13-5-3-11(4-6-13)16-20-17(22-21-16)24-9-15(23)19-14-8-10-1-2-12(14)7-10/h3-6,10,12,14H,1-2,7-9H2,(H,19,23)(H,20,21,22)/t10-,12+,14-/m0/s1. The van der Waals surface area contributed by atoms with Crippen molar-refractivity contribution in [3.8, 4) is 11.4 Å². The van der Waals surface area contributed by atoms with Gasteiger partial charge in [-0.25, -0.2) is 4.98 Å². The van der Waals surface area contributed by atoms with Gasteiger partial charge in [0.15, 0.2) is 5.82 Å². The third kappa shape index (κ3) is 3.52. The Bertz CT molecular complexity index is 732. The van der Waals surface area contributed by atoms with E-state index in [2.05, 4.69) is 36.4 Å². The summed E-state index contributed by atoms with van der Waals surface area (Å²) in [6, 6.07) is 8.27. The zero-order valence-corrected chi connectivity index (χ0v) is 15.6. The van der Waals surface area contributed by atoms with E-state index < -0.39 is 0 Å². The van der Waals surface area contributed by atoms with E-state index in [4.69, 9.17) is 0 Å². The molecule has 0 aliphatic heterocycles. The van der Waals surface area contributed by atoms with Crippen LogP contribution in [0.25, 0.3) is 11.4 Å². The summed E-state index contributed by atoms with van der Waals surface area (Å²) in [5.74, 6) is 2.72. The van der Waals surface area contributed by atoms with Crippen LogP contribution in [0.3, 0.4) is 0 Å². The van der Waals surface area contributed by atoms with Crippen molar-refractivity contribution >= 4 is 33.6 Å². The number of H-pyrrole nitrogens is 1. The lowest BCUT2D eigenvalue weighted by atomic mass is 9.95. The number of aromatic nitrogens is 3. The molecule has 2 saturated carbocycles. The zero-order valence-electron chi connectivity index (χ0n) is 13.2. The lowest BCUT2D eigenvalue weighted by Gasteiger charge is -2.22. The van der Waals surface area contributed by atoms with E-state index in [1.54, 1.807) is 0 Å². The number of halogens is 1. The quantitative estimate of drug-likeness (QED) is 0.743. The third-order valence-electron chi connectivity index (χ3n) is 5.00. The largest absolute Gasteiger partial charge is 0.352 e. The highest BCUT2D eigenvalue weighted by Gasteiger charge is 2.39. The van der Waals surface area contributed by atoms with Crippen molar-refractivity contribution in [2.24, 2.45) is 11.8 Å². The van der Waals surface area contributed by atoms with E-state index >= 15 is 0 Å². The van der Waals surface area contributed by atoms with Gasteiger partial charge in [-0.2, -0.15) is 0 Å². The number of amides is 1. The van der Waals surface area contributed by atoms with E-state index in [0.717, 1.165) is 28.2 Å². The molecule has 2 bridgehead atoms. The Morgan fingerprint density at radius 1 is 1.29 bits per heavy atom. The molecule has 2 aliphatic carbocycles. The Kier molecular flexibility index (Phi) is 4.63. The smallest absolute Gasteiger partial charge is 0.230 e. The fourth-order valence-corrected chi connectivity index (χ4v) is 4.72. The molecular formula is C17H19BrN4OS. The van der Waals surface area contributed by atoms with Crippen LogP contribution in [0.1, 0.15) is 25.7 Å². The second-order valence-electron chi connectivity index (χ2n) is 6.61. The number of hydrogen-bond acceptors (Lipinski definition) is 4. The van der Waals surface area contributed by atoms with Gasteiger partial charge in [0.1, 0.15) is 0 Å². The summed E-state index contributed by atoms with van der Waals surface area (Å²) in [4.78, 5) is 16.6. The number of hydrogen-bond donors (Lipinski definition) is 2. The summed E-state index contributed by atoms with van der Waals surface area (Å²) in [7, 11) is 0. The van der Waals surface area contributed by atoms with Gasteiger partial charge in [0.05, 0.1) is 5.75 Å². The molecule has 126 valence electrons. The Morgan fingerprint density at radius 3 is 2.83 bits per heavy atom. The highest BCUT2D eigenvalue weighted by molar-refractivity contribution is 9.10. The van der Waals surface area contributed by atoms with Gasteiger partial charge in [0.25, 0.3) is 0 Å². The van der Waals surface area contributed by atoms with Gasteiger partial charge in [-0.1, -0.05) is 46.2 Å². The van der Waals surface area contributed by atoms with Crippen LogP contribution in [0.15, 0.2) is 33.9 Å². The van der Waals surface area contributed by atoms with Gasteiger partial charge in [-0.05, 0) is 43.2 Å². The van der Waals surface area contributed by atoms with E-state index in [9.17, 15) is 4.79 Å². The molecule has 2 fully saturated rings. The first-order valence-electron chi connectivity index (χ1n) is 8.28. The number of benzene rings is 1. The molecule has 0 unspecified atom stereocenters. The number of fused-ring (bicyclic) bond motifs is 2.